The molecule has 1 aromatic carbocycles. The van der Waals surface area contributed by atoms with Crippen molar-refractivity contribution < 1.29 is 4.39 Å². The number of thiophene rings is 1. The first-order valence-electron chi connectivity index (χ1n) is 5.93. The van der Waals surface area contributed by atoms with E-state index in [1.165, 1.54) is 17.0 Å². The summed E-state index contributed by atoms with van der Waals surface area (Å²) in [5.41, 5.74) is 0.732. The molecule has 0 fully saturated rings. The molecule has 1 heterocycles. The van der Waals surface area contributed by atoms with Crippen LogP contribution in [0.2, 0.25) is 5.02 Å². The summed E-state index contributed by atoms with van der Waals surface area (Å²) < 4.78 is 13.9. The van der Waals surface area contributed by atoms with E-state index in [-0.39, 0.29) is 11.9 Å². The summed E-state index contributed by atoms with van der Waals surface area (Å²) in [6.45, 7) is 4.28. The molecule has 0 amide bonds. The van der Waals surface area contributed by atoms with E-state index in [4.69, 9.17) is 11.6 Å². The SMILES string of the molecule is CC(C)C(Nc1c(Cl)cc(F)cc1Br)c1cccs1. The van der Waals surface area contributed by atoms with Gasteiger partial charge in [0.15, 0.2) is 0 Å². The average molecular weight is 363 g/mol. The molecule has 0 aliphatic carbocycles. The molecule has 5 heteroatoms. The first kappa shape index (κ1) is 14.8. The monoisotopic (exact) mass is 361 g/mol. The molecule has 0 aliphatic heterocycles. The van der Waals surface area contributed by atoms with Gasteiger partial charge in [0.2, 0.25) is 0 Å². The Morgan fingerprint density at radius 2 is 2.11 bits per heavy atom. The summed E-state index contributed by atoms with van der Waals surface area (Å²) in [4.78, 5) is 1.24. The minimum absolute atomic E-state index is 0.152. The van der Waals surface area contributed by atoms with Crippen LogP contribution in [0.15, 0.2) is 34.1 Å². The van der Waals surface area contributed by atoms with E-state index in [0.29, 0.717) is 15.4 Å². The van der Waals surface area contributed by atoms with E-state index in [9.17, 15) is 4.39 Å². The third kappa shape index (κ3) is 3.50. The van der Waals surface area contributed by atoms with Crippen LogP contribution in [0.3, 0.4) is 0 Å². The Labute approximate surface area is 129 Å². The molecule has 1 aromatic heterocycles. The Balaban J connectivity index is 2.33. The topological polar surface area (TPSA) is 12.0 Å². The number of hydrogen-bond donors (Lipinski definition) is 1. The molecule has 0 spiro atoms. The number of benzene rings is 1. The molecular formula is C14H14BrClFNS. The standard InChI is InChI=1S/C14H14BrClFNS/c1-8(2)13(12-4-3-5-19-12)18-14-10(15)6-9(17)7-11(14)16/h3-8,13,18H,1-2H3. The molecular weight excluding hydrogens is 349 g/mol. The Bertz CT molecular complexity index is 534. The lowest BCUT2D eigenvalue weighted by Gasteiger charge is -2.24. The number of halogens is 3. The molecule has 0 radical (unpaired) electrons. The molecule has 1 unspecified atom stereocenters. The molecule has 1 N–H and O–H groups in total. The molecule has 0 bridgehead atoms. The second kappa shape index (κ2) is 6.25. The molecule has 0 aliphatic rings. The van der Waals surface area contributed by atoms with Gasteiger partial charge in [0.05, 0.1) is 16.8 Å². The molecule has 0 saturated carbocycles. The minimum atomic E-state index is -0.348. The van der Waals surface area contributed by atoms with Gasteiger partial charge >= 0.3 is 0 Å². The number of nitrogens with one attached hydrogen (secondary N) is 1. The van der Waals surface area contributed by atoms with Crippen molar-refractivity contribution in [2.75, 3.05) is 5.32 Å². The summed E-state index contributed by atoms with van der Waals surface area (Å²) in [6.07, 6.45) is 0. The predicted molar refractivity (Wildman–Crippen MR) is 84.6 cm³/mol. The van der Waals surface area contributed by atoms with Crippen LogP contribution in [0.25, 0.3) is 0 Å². The maximum atomic E-state index is 13.2. The van der Waals surface area contributed by atoms with Crippen LogP contribution < -0.4 is 5.32 Å². The van der Waals surface area contributed by atoms with Gasteiger partial charge in [-0.15, -0.1) is 11.3 Å². The van der Waals surface area contributed by atoms with Crippen molar-refractivity contribution in [2.24, 2.45) is 5.92 Å². The van der Waals surface area contributed by atoms with Crippen molar-refractivity contribution >= 4 is 44.6 Å². The van der Waals surface area contributed by atoms with E-state index >= 15 is 0 Å². The lowest BCUT2D eigenvalue weighted by molar-refractivity contribution is 0.553. The third-order valence-electron chi connectivity index (χ3n) is 2.82. The van der Waals surface area contributed by atoms with Gasteiger partial charge in [0.25, 0.3) is 0 Å². The Morgan fingerprint density at radius 3 is 2.63 bits per heavy atom. The van der Waals surface area contributed by atoms with Gasteiger partial charge in [-0.1, -0.05) is 31.5 Å². The quantitative estimate of drug-likeness (QED) is 0.691. The second-order valence-corrected chi connectivity index (χ2v) is 6.87. The normalized spacial score (nSPS) is 12.7. The maximum absolute atomic E-state index is 13.2. The van der Waals surface area contributed by atoms with E-state index in [1.807, 2.05) is 11.4 Å². The molecule has 19 heavy (non-hydrogen) atoms. The van der Waals surface area contributed by atoms with E-state index in [0.717, 1.165) is 5.69 Å². The Hall–Kier alpha value is -0.580. The van der Waals surface area contributed by atoms with E-state index in [1.54, 1.807) is 11.3 Å². The predicted octanol–water partition coefficient (Wildman–Crippen LogP) is 6.11. The van der Waals surface area contributed by atoms with Crippen molar-refractivity contribution in [3.63, 3.8) is 0 Å². The van der Waals surface area contributed by atoms with Gasteiger partial charge in [-0.05, 0) is 45.4 Å². The van der Waals surface area contributed by atoms with Crippen LogP contribution in [0.1, 0.15) is 24.8 Å². The Kier molecular flexibility index (Phi) is 4.87. The van der Waals surface area contributed by atoms with Crippen molar-refractivity contribution in [3.05, 3.63) is 49.8 Å². The van der Waals surface area contributed by atoms with Crippen LogP contribution in [0.4, 0.5) is 10.1 Å². The number of anilines is 1. The fourth-order valence-electron chi connectivity index (χ4n) is 1.87. The minimum Gasteiger partial charge on any atom is -0.375 e. The van der Waals surface area contributed by atoms with Crippen molar-refractivity contribution in [3.8, 4) is 0 Å². The molecule has 102 valence electrons. The van der Waals surface area contributed by atoms with Crippen LogP contribution in [-0.4, -0.2) is 0 Å². The van der Waals surface area contributed by atoms with Gasteiger partial charge in [0, 0.05) is 9.35 Å². The summed E-state index contributed by atoms with van der Waals surface area (Å²) in [5.74, 6) is 0.0475. The number of rotatable bonds is 4. The average Bonchev–Trinajstić information content (AvgIpc) is 2.80. The molecule has 0 saturated heterocycles. The van der Waals surface area contributed by atoms with E-state index in [2.05, 4.69) is 41.2 Å². The van der Waals surface area contributed by atoms with Gasteiger partial charge in [-0.25, -0.2) is 4.39 Å². The van der Waals surface area contributed by atoms with Crippen LogP contribution in [-0.2, 0) is 0 Å². The first-order valence-corrected chi connectivity index (χ1v) is 7.98. The highest BCUT2D eigenvalue weighted by Crippen LogP contribution is 2.37. The highest BCUT2D eigenvalue weighted by molar-refractivity contribution is 9.10. The zero-order chi connectivity index (χ0) is 14.0. The van der Waals surface area contributed by atoms with Crippen LogP contribution in [0.5, 0.6) is 0 Å². The van der Waals surface area contributed by atoms with Crippen molar-refractivity contribution in [1.29, 1.82) is 0 Å². The van der Waals surface area contributed by atoms with Crippen molar-refractivity contribution in [2.45, 2.75) is 19.9 Å². The molecule has 2 rings (SSSR count). The first-order chi connectivity index (χ1) is 8.99. The summed E-state index contributed by atoms with van der Waals surface area (Å²) in [7, 11) is 0. The second-order valence-electron chi connectivity index (χ2n) is 4.63. The highest BCUT2D eigenvalue weighted by atomic mass is 79.9. The summed E-state index contributed by atoms with van der Waals surface area (Å²) in [6, 6.07) is 7.01. The molecule has 2 aromatic rings. The van der Waals surface area contributed by atoms with Gasteiger partial charge < -0.3 is 5.32 Å². The Morgan fingerprint density at radius 1 is 1.37 bits per heavy atom. The largest absolute Gasteiger partial charge is 0.375 e. The van der Waals surface area contributed by atoms with Gasteiger partial charge in [0.1, 0.15) is 5.82 Å². The molecule has 1 nitrogen and oxygen atoms in total. The zero-order valence-corrected chi connectivity index (χ0v) is 13.7. The summed E-state index contributed by atoms with van der Waals surface area (Å²) in [5, 5.41) is 5.84. The van der Waals surface area contributed by atoms with E-state index < -0.39 is 0 Å². The summed E-state index contributed by atoms with van der Waals surface area (Å²) >= 11 is 11.2. The third-order valence-corrected chi connectivity index (χ3v) is 4.70. The van der Waals surface area contributed by atoms with Crippen molar-refractivity contribution in [1.82, 2.24) is 0 Å². The van der Waals surface area contributed by atoms with Crippen LogP contribution >= 0.6 is 38.9 Å². The lowest BCUT2D eigenvalue weighted by Crippen LogP contribution is -2.16. The highest BCUT2D eigenvalue weighted by Gasteiger charge is 2.19. The fourth-order valence-corrected chi connectivity index (χ4v) is 3.74. The molecule has 1 atom stereocenters. The maximum Gasteiger partial charge on any atom is 0.125 e. The zero-order valence-electron chi connectivity index (χ0n) is 10.6. The lowest BCUT2D eigenvalue weighted by atomic mass is 10.0. The van der Waals surface area contributed by atoms with Gasteiger partial charge in [-0.3, -0.25) is 0 Å². The number of hydrogen-bond acceptors (Lipinski definition) is 2. The van der Waals surface area contributed by atoms with Gasteiger partial charge in [-0.2, -0.15) is 0 Å². The fraction of sp³-hybridized carbons (Fsp3) is 0.286. The smallest absolute Gasteiger partial charge is 0.125 e. The van der Waals surface area contributed by atoms with Crippen LogP contribution in [0, 0.1) is 11.7 Å².